The molecule has 1 saturated heterocycles. The lowest BCUT2D eigenvalue weighted by Crippen LogP contribution is -2.37. The largest absolute Gasteiger partial charge is 0.462 e. The Balaban J connectivity index is 1.84. The average Bonchev–Trinajstić information content (AvgIpc) is 2.91. The van der Waals surface area contributed by atoms with Crippen LogP contribution in [0.2, 0.25) is 0 Å². The van der Waals surface area contributed by atoms with Crippen molar-refractivity contribution in [1.82, 2.24) is 10.2 Å². The molecule has 2 N–H and O–H groups in total. The van der Waals surface area contributed by atoms with Crippen LogP contribution in [-0.4, -0.2) is 52.8 Å². The van der Waals surface area contributed by atoms with E-state index in [2.05, 4.69) is 12.2 Å². The normalized spacial score (nSPS) is 28.4. The van der Waals surface area contributed by atoms with Gasteiger partial charge in [-0.1, -0.05) is 19.8 Å². The molecule has 0 aromatic carbocycles. The fraction of sp³-hybridized carbons (Fsp3) is 0.875. The van der Waals surface area contributed by atoms with Crippen molar-refractivity contribution in [3.63, 3.8) is 0 Å². The molecule has 2 amide bonds. The number of hydrogen-bond acceptors (Lipinski definition) is 4. The number of carbonyl (C=O) groups excluding carboxylic acids is 2. The van der Waals surface area contributed by atoms with E-state index in [-0.39, 0.29) is 36.3 Å². The number of unbranched alkanes of at least 4 members (excludes halogenated alkanes) is 2. The Labute approximate surface area is 132 Å². The van der Waals surface area contributed by atoms with Gasteiger partial charge in [0.2, 0.25) is 0 Å². The van der Waals surface area contributed by atoms with E-state index < -0.39 is 0 Å². The zero-order valence-corrected chi connectivity index (χ0v) is 13.6. The van der Waals surface area contributed by atoms with Crippen molar-refractivity contribution in [3.8, 4) is 0 Å². The molecule has 1 saturated carbocycles. The number of aliphatic hydroxyl groups is 1. The Morgan fingerprint density at radius 3 is 2.86 bits per heavy atom. The van der Waals surface area contributed by atoms with Gasteiger partial charge in [0.1, 0.15) is 6.10 Å². The third kappa shape index (κ3) is 4.35. The topological polar surface area (TPSA) is 78.9 Å². The third-order valence-corrected chi connectivity index (χ3v) is 4.63. The Hall–Kier alpha value is -1.30. The van der Waals surface area contributed by atoms with Crippen LogP contribution < -0.4 is 5.32 Å². The molecule has 1 unspecified atom stereocenters. The van der Waals surface area contributed by atoms with Crippen LogP contribution in [-0.2, 0) is 9.53 Å². The molecule has 1 aliphatic carbocycles. The lowest BCUT2D eigenvalue weighted by atomic mass is 10.1. The molecule has 2 aliphatic rings. The van der Waals surface area contributed by atoms with E-state index >= 15 is 0 Å². The molecule has 22 heavy (non-hydrogen) atoms. The zero-order valence-electron chi connectivity index (χ0n) is 13.6. The van der Waals surface area contributed by atoms with E-state index in [1.165, 1.54) is 6.92 Å². The number of aliphatic hydroxyl groups excluding tert-OH is 1. The fourth-order valence-electron chi connectivity index (χ4n) is 3.55. The molecule has 0 radical (unpaired) electrons. The van der Waals surface area contributed by atoms with Crippen molar-refractivity contribution in [2.75, 3.05) is 6.54 Å². The van der Waals surface area contributed by atoms with Crippen LogP contribution >= 0.6 is 0 Å². The van der Waals surface area contributed by atoms with Crippen LogP contribution in [0.25, 0.3) is 0 Å². The average molecular weight is 312 g/mol. The van der Waals surface area contributed by atoms with Crippen molar-refractivity contribution in [3.05, 3.63) is 0 Å². The minimum absolute atomic E-state index is 0.0583. The summed E-state index contributed by atoms with van der Waals surface area (Å²) in [5, 5.41) is 12.7. The van der Waals surface area contributed by atoms with Crippen molar-refractivity contribution in [2.24, 2.45) is 0 Å². The number of nitrogens with zero attached hydrogens (tertiary/aromatic N) is 1. The molecule has 0 aromatic rings. The maximum Gasteiger partial charge on any atom is 0.318 e. The Bertz CT molecular complexity index is 402. The Morgan fingerprint density at radius 1 is 1.41 bits per heavy atom. The maximum absolute atomic E-state index is 12.0. The number of ether oxygens (including phenoxy) is 1. The maximum atomic E-state index is 12.0. The van der Waals surface area contributed by atoms with Gasteiger partial charge in [0, 0.05) is 19.9 Å². The molecular formula is C16H28N2O4. The fourth-order valence-corrected chi connectivity index (χ4v) is 3.55. The highest BCUT2D eigenvalue weighted by atomic mass is 16.5. The summed E-state index contributed by atoms with van der Waals surface area (Å²) in [5.74, 6) is -0.262. The number of amides is 2. The number of esters is 1. The molecule has 2 rings (SSSR count). The van der Waals surface area contributed by atoms with E-state index in [4.69, 9.17) is 4.74 Å². The highest BCUT2D eigenvalue weighted by Gasteiger charge is 2.45. The monoisotopic (exact) mass is 312 g/mol. The van der Waals surface area contributed by atoms with Gasteiger partial charge in [0.15, 0.2) is 0 Å². The molecular weight excluding hydrogens is 284 g/mol. The van der Waals surface area contributed by atoms with Crippen LogP contribution in [0.15, 0.2) is 0 Å². The highest BCUT2D eigenvalue weighted by Crippen LogP contribution is 2.30. The summed E-state index contributed by atoms with van der Waals surface area (Å²) in [5.41, 5.74) is 0. The molecule has 2 fully saturated rings. The minimum Gasteiger partial charge on any atom is -0.462 e. The van der Waals surface area contributed by atoms with E-state index in [1.807, 2.05) is 0 Å². The van der Waals surface area contributed by atoms with Gasteiger partial charge in [-0.25, -0.2) is 4.79 Å². The molecule has 6 heteroatoms. The molecule has 1 aliphatic heterocycles. The first-order valence-corrected chi connectivity index (χ1v) is 8.43. The minimum atomic E-state index is -0.327. The number of rotatable bonds is 8. The van der Waals surface area contributed by atoms with Gasteiger partial charge in [0.05, 0.1) is 18.2 Å². The molecule has 4 atom stereocenters. The lowest BCUT2D eigenvalue weighted by Gasteiger charge is -2.25. The SMILES string of the molecule is CCCCCC(CCN1C(=O)N[C@H]2C[C@@H](O)C[C@H]21)OC(C)=O. The van der Waals surface area contributed by atoms with Crippen LogP contribution in [0.3, 0.4) is 0 Å². The van der Waals surface area contributed by atoms with Crippen LogP contribution in [0.4, 0.5) is 4.79 Å². The Kier molecular flexibility index (Phi) is 6.06. The first-order chi connectivity index (χ1) is 10.5. The molecule has 126 valence electrons. The summed E-state index contributed by atoms with van der Waals surface area (Å²) >= 11 is 0. The molecule has 0 bridgehead atoms. The third-order valence-electron chi connectivity index (χ3n) is 4.63. The van der Waals surface area contributed by atoms with Crippen molar-refractivity contribution in [1.29, 1.82) is 0 Å². The van der Waals surface area contributed by atoms with Gasteiger partial charge >= 0.3 is 12.0 Å². The number of hydrogen-bond donors (Lipinski definition) is 2. The molecule has 6 nitrogen and oxygen atoms in total. The predicted octanol–water partition coefficient (Wildman–Crippen LogP) is 1.81. The summed E-state index contributed by atoms with van der Waals surface area (Å²) in [4.78, 5) is 25.0. The van der Waals surface area contributed by atoms with E-state index in [0.29, 0.717) is 25.8 Å². The van der Waals surface area contributed by atoms with Crippen LogP contribution in [0.1, 0.15) is 58.8 Å². The summed E-state index contributed by atoms with van der Waals surface area (Å²) in [7, 11) is 0. The second-order valence-corrected chi connectivity index (χ2v) is 6.46. The second kappa shape index (κ2) is 7.81. The van der Waals surface area contributed by atoms with Gasteiger partial charge in [-0.15, -0.1) is 0 Å². The van der Waals surface area contributed by atoms with Gasteiger partial charge < -0.3 is 20.1 Å². The predicted molar refractivity (Wildman–Crippen MR) is 82.4 cm³/mol. The Morgan fingerprint density at radius 2 is 2.18 bits per heavy atom. The number of nitrogens with one attached hydrogen (secondary N) is 1. The first kappa shape index (κ1) is 17.1. The number of fused-ring (bicyclic) bond motifs is 1. The lowest BCUT2D eigenvalue weighted by molar-refractivity contribution is -0.147. The quantitative estimate of drug-likeness (QED) is 0.529. The number of urea groups is 1. The molecule has 0 aromatic heterocycles. The van der Waals surface area contributed by atoms with Gasteiger partial charge in [-0.3, -0.25) is 4.79 Å². The van der Waals surface area contributed by atoms with Crippen LogP contribution in [0, 0.1) is 0 Å². The molecule has 0 spiro atoms. The first-order valence-electron chi connectivity index (χ1n) is 8.43. The van der Waals surface area contributed by atoms with Gasteiger partial charge in [-0.05, 0) is 25.7 Å². The summed E-state index contributed by atoms with van der Waals surface area (Å²) in [6, 6.07) is 0.0860. The van der Waals surface area contributed by atoms with Crippen molar-refractivity contribution < 1.29 is 19.4 Å². The van der Waals surface area contributed by atoms with Crippen molar-refractivity contribution >= 4 is 12.0 Å². The van der Waals surface area contributed by atoms with E-state index in [0.717, 1.165) is 25.7 Å². The summed E-state index contributed by atoms with van der Waals surface area (Å²) < 4.78 is 5.38. The highest BCUT2D eigenvalue weighted by molar-refractivity contribution is 5.78. The van der Waals surface area contributed by atoms with Gasteiger partial charge in [0.25, 0.3) is 0 Å². The molecule has 1 heterocycles. The second-order valence-electron chi connectivity index (χ2n) is 6.46. The zero-order chi connectivity index (χ0) is 16.1. The number of carbonyl (C=O) groups is 2. The van der Waals surface area contributed by atoms with Crippen molar-refractivity contribution in [2.45, 2.75) is 83.1 Å². The standard InChI is InChI=1S/C16H28N2O4/c1-3-4-5-6-13(22-11(2)19)7-8-18-15-10-12(20)9-14(15)17-16(18)21/h12-15,20H,3-10H2,1-2H3,(H,17,21)/t12-,13?,14+,15-/m1/s1. The summed E-state index contributed by atoms with van der Waals surface area (Å²) in [6.45, 7) is 4.14. The van der Waals surface area contributed by atoms with E-state index in [9.17, 15) is 14.7 Å². The smallest absolute Gasteiger partial charge is 0.318 e. The summed E-state index contributed by atoms with van der Waals surface area (Å²) in [6.07, 6.45) is 5.62. The van der Waals surface area contributed by atoms with Gasteiger partial charge in [-0.2, -0.15) is 0 Å². The van der Waals surface area contributed by atoms with E-state index in [1.54, 1.807) is 4.90 Å². The van der Waals surface area contributed by atoms with Crippen LogP contribution in [0.5, 0.6) is 0 Å².